The largest absolute Gasteiger partial charge is 0.493 e. The fourth-order valence-electron chi connectivity index (χ4n) is 2.61. The van der Waals surface area contributed by atoms with Crippen molar-refractivity contribution in [1.29, 1.82) is 0 Å². The lowest BCUT2D eigenvalue weighted by Crippen LogP contribution is -2.20. The van der Waals surface area contributed by atoms with E-state index in [9.17, 15) is 13.6 Å². The predicted molar refractivity (Wildman–Crippen MR) is 105 cm³/mol. The monoisotopic (exact) mass is 451 g/mol. The molecule has 0 aliphatic heterocycles. The van der Waals surface area contributed by atoms with Crippen molar-refractivity contribution in [3.8, 4) is 17.2 Å². The molecule has 28 heavy (non-hydrogen) atoms. The van der Waals surface area contributed by atoms with E-state index in [1.165, 1.54) is 25.3 Å². The van der Waals surface area contributed by atoms with Gasteiger partial charge in [0.25, 0.3) is 5.91 Å². The first-order valence-electron chi connectivity index (χ1n) is 8.20. The maximum Gasteiger partial charge on any atom is 0.387 e. The van der Waals surface area contributed by atoms with Gasteiger partial charge in [-0.25, -0.2) is 0 Å². The molecule has 146 valence electrons. The number of hydrogen-bond acceptors (Lipinski definition) is 4. The van der Waals surface area contributed by atoms with Crippen molar-refractivity contribution in [3.63, 3.8) is 0 Å². The van der Waals surface area contributed by atoms with Crippen LogP contribution in [0.2, 0.25) is 0 Å². The summed E-state index contributed by atoms with van der Waals surface area (Å²) in [5, 5.41) is 4.57. The van der Waals surface area contributed by atoms with Crippen molar-refractivity contribution in [1.82, 2.24) is 0 Å². The normalized spacial score (nSPS) is 10.8. The van der Waals surface area contributed by atoms with Crippen molar-refractivity contribution in [2.45, 2.75) is 6.61 Å². The maximum absolute atomic E-state index is 12.5. The van der Waals surface area contributed by atoms with E-state index in [0.717, 1.165) is 15.2 Å². The number of hydrogen-bond donors (Lipinski definition) is 1. The highest BCUT2D eigenvalue weighted by atomic mass is 79.9. The Kier molecular flexibility index (Phi) is 6.30. The van der Waals surface area contributed by atoms with Gasteiger partial charge in [0, 0.05) is 11.8 Å². The summed E-state index contributed by atoms with van der Waals surface area (Å²) in [5.74, 6) is 0.0293. The summed E-state index contributed by atoms with van der Waals surface area (Å²) in [7, 11) is 1.33. The number of nitrogens with one attached hydrogen (secondary N) is 1. The lowest BCUT2D eigenvalue weighted by atomic mass is 10.1. The number of anilines is 1. The first kappa shape index (κ1) is 19.9. The number of carbonyl (C=O) groups excluding carboxylic acids is 1. The van der Waals surface area contributed by atoms with E-state index < -0.39 is 12.5 Å². The smallest absolute Gasteiger partial charge is 0.387 e. The average Bonchev–Trinajstić information content (AvgIpc) is 2.67. The quantitative estimate of drug-likeness (QED) is 0.534. The van der Waals surface area contributed by atoms with Crippen LogP contribution >= 0.6 is 15.9 Å². The summed E-state index contributed by atoms with van der Waals surface area (Å²) >= 11 is 3.49. The Morgan fingerprint density at radius 3 is 2.57 bits per heavy atom. The summed E-state index contributed by atoms with van der Waals surface area (Å²) in [5.41, 5.74) is 0.280. The second-order valence-electron chi connectivity index (χ2n) is 5.68. The Labute approximate surface area is 168 Å². The molecule has 1 N–H and O–H groups in total. The van der Waals surface area contributed by atoms with Crippen molar-refractivity contribution < 1.29 is 27.8 Å². The molecule has 0 unspecified atom stereocenters. The summed E-state index contributed by atoms with van der Waals surface area (Å²) in [6, 6.07) is 15.6. The molecule has 3 aromatic rings. The summed E-state index contributed by atoms with van der Waals surface area (Å²) < 4.78 is 40.7. The number of methoxy groups -OCH3 is 1. The van der Waals surface area contributed by atoms with Crippen LogP contribution in [0.15, 0.2) is 59.1 Å². The molecule has 0 saturated heterocycles. The van der Waals surface area contributed by atoms with Gasteiger partial charge in [-0.2, -0.15) is 8.78 Å². The van der Waals surface area contributed by atoms with E-state index >= 15 is 0 Å². The predicted octanol–water partition coefficient (Wildman–Crippen LogP) is 5.23. The number of fused-ring (bicyclic) bond motifs is 1. The number of ether oxygens (including phenoxy) is 3. The molecule has 0 heterocycles. The zero-order valence-corrected chi connectivity index (χ0v) is 16.3. The van der Waals surface area contributed by atoms with Crippen LogP contribution in [-0.4, -0.2) is 26.2 Å². The topological polar surface area (TPSA) is 56.8 Å². The van der Waals surface area contributed by atoms with Crippen LogP contribution in [0.5, 0.6) is 17.2 Å². The van der Waals surface area contributed by atoms with Crippen LogP contribution in [0.4, 0.5) is 14.5 Å². The molecular formula is C20H16BrF2NO4. The molecule has 3 aromatic carbocycles. The molecule has 8 heteroatoms. The van der Waals surface area contributed by atoms with Crippen LogP contribution < -0.4 is 19.5 Å². The number of alkyl halides is 2. The minimum Gasteiger partial charge on any atom is -0.493 e. The van der Waals surface area contributed by atoms with E-state index in [2.05, 4.69) is 26.0 Å². The van der Waals surface area contributed by atoms with Gasteiger partial charge in [0.15, 0.2) is 18.1 Å². The summed E-state index contributed by atoms with van der Waals surface area (Å²) in [4.78, 5) is 12.2. The molecule has 5 nitrogen and oxygen atoms in total. The van der Waals surface area contributed by atoms with E-state index in [1.807, 2.05) is 30.3 Å². The molecule has 0 spiro atoms. The van der Waals surface area contributed by atoms with Crippen LogP contribution in [-0.2, 0) is 4.79 Å². The number of rotatable bonds is 7. The van der Waals surface area contributed by atoms with Gasteiger partial charge in [0.1, 0.15) is 5.75 Å². The summed E-state index contributed by atoms with van der Waals surface area (Å²) in [6.07, 6.45) is 0. The Morgan fingerprint density at radius 2 is 1.82 bits per heavy atom. The highest BCUT2D eigenvalue weighted by Gasteiger charge is 2.13. The maximum atomic E-state index is 12.5. The average molecular weight is 452 g/mol. The van der Waals surface area contributed by atoms with E-state index in [-0.39, 0.29) is 23.8 Å². The number of halogens is 3. The second kappa shape index (κ2) is 8.88. The molecule has 0 aliphatic rings. The van der Waals surface area contributed by atoms with Gasteiger partial charge in [-0.15, -0.1) is 0 Å². The van der Waals surface area contributed by atoms with Gasteiger partial charge in [0.05, 0.1) is 11.6 Å². The van der Waals surface area contributed by atoms with Gasteiger partial charge in [-0.3, -0.25) is 4.79 Å². The second-order valence-corrected chi connectivity index (χ2v) is 6.47. The lowest BCUT2D eigenvalue weighted by molar-refractivity contribution is -0.118. The van der Waals surface area contributed by atoms with Crippen molar-refractivity contribution in [3.05, 3.63) is 59.1 Å². The van der Waals surface area contributed by atoms with E-state index in [0.29, 0.717) is 5.75 Å². The first-order chi connectivity index (χ1) is 13.5. The van der Waals surface area contributed by atoms with Gasteiger partial charge < -0.3 is 19.5 Å². The third-order valence-electron chi connectivity index (χ3n) is 3.85. The molecule has 3 rings (SSSR count). The molecule has 0 atom stereocenters. The number of benzene rings is 3. The van der Waals surface area contributed by atoms with Crippen LogP contribution in [0.3, 0.4) is 0 Å². The molecule has 0 saturated carbocycles. The van der Waals surface area contributed by atoms with E-state index in [4.69, 9.17) is 9.47 Å². The zero-order chi connectivity index (χ0) is 20.1. The molecule has 0 aromatic heterocycles. The molecule has 1 amide bonds. The lowest BCUT2D eigenvalue weighted by Gasteiger charge is -2.13. The van der Waals surface area contributed by atoms with Gasteiger partial charge in [-0.1, -0.05) is 30.3 Å². The Morgan fingerprint density at radius 1 is 1.07 bits per heavy atom. The first-order valence-corrected chi connectivity index (χ1v) is 9.00. The standard InChI is InChI=1S/C20H16BrF2NO4/c1-26-15-9-7-13(10-17(15)28-20(22)23)24-18(25)11-27-16-8-6-12-4-2-3-5-14(12)19(16)21/h2-10,20H,11H2,1H3,(H,24,25). The Bertz CT molecular complexity index is 997. The fraction of sp³-hybridized carbons (Fsp3) is 0.150. The highest BCUT2D eigenvalue weighted by molar-refractivity contribution is 9.10. The molecule has 0 radical (unpaired) electrons. The molecular weight excluding hydrogens is 436 g/mol. The zero-order valence-electron chi connectivity index (χ0n) is 14.7. The highest BCUT2D eigenvalue weighted by Crippen LogP contribution is 2.33. The third-order valence-corrected chi connectivity index (χ3v) is 4.67. The molecule has 0 bridgehead atoms. The third kappa shape index (κ3) is 4.69. The molecule has 0 fully saturated rings. The fourth-order valence-corrected chi connectivity index (χ4v) is 3.22. The van der Waals surface area contributed by atoms with Crippen molar-refractivity contribution in [2.75, 3.05) is 19.0 Å². The van der Waals surface area contributed by atoms with Crippen LogP contribution in [0, 0.1) is 0 Å². The van der Waals surface area contributed by atoms with Gasteiger partial charge in [0.2, 0.25) is 0 Å². The SMILES string of the molecule is COc1ccc(NC(=O)COc2ccc3ccccc3c2Br)cc1OC(F)F. The Hall–Kier alpha value is -2.87. The van der Waals surface area contributed by atoms with Crippen LogP contribution in [0.25, 0.3) is 10.8 Å². The van der Waals surface area contributed by atoms with Crippen LogP contribution in [0.1, 0.15) is 0 Å². The summed E-state index contributed by atoms with van der Waals surface area (Å²) in [6.45, 7) is -3.26. The number of carbonyl (C=O) groups is 1. The van der Waals surface area contributed by atoms with E-state index in [1.54, 1.807) is 6.07 Å². The Balaban J connectivity index is 1.67. The number of amides is 1. The van der Waals surface area contributed by atoms with Crippen molar-refractivity contribution >= 4 is 38.3 Å². The van der Waals surface area contributed by atoms with Gasteiger partial charge >= 0.3 is 6.61 Å². The molecule has 0 aliphatic carbocycles. The van der Waals surface area contributed by atoms with Crippen molar-refractivity contribution in [2.24, 2.45) is 0 Å². The minimum absolute atomic E-state index is 0.134. The minimum atomic E-state index is -3.01. The van der Waals surface area contributed by atoms with Gasteiger partial charge in [-0.05, 0) is 44.9 Å².